The van der Waals surface area contributed by atoms with Crippen LogP contribution in [-0.2, 0) is 6.42 Å². The Balaban J connectivity index is 1.96. The normalized spacial score (nSPS) is 22.1. The first-order valence-electron chi connectivity index (χ1n) is 5.95. The van der Waals surface area contributed by atoms with Gasteiger partial charge in [0.15, 0.2) is 0 Å². The van der Waals surface area contributed by atoms with Crippen LogP contribution in [0.4, 0.5) is 0 Å². The number of phenols is 1. The molecule has 2 atom stereocenters. The van der Waals surface area contributed by atoms with Crippen molar-refractivity contribution >= 4 is 0 Å². The number of fused-ring (bicyclic) bond motifs is 1. The van der Waals surface area contributed by atoms with E-state index in [9.17, 15) is 10.2 Å². The number of phenolic OH excluding ortho intramolecular Hbond substituents is 1. The molecule has 0 unspecified atom stereocenters. The summed E-state index contributed by atoms with van der Waals surface area (Å²) in [7, 11) is 0. The topological polar surface area (TPSA) is 49.7 Å². The second-order valence-corrected chi connectivity index (χ2v) is 4.51. The molecule has 0 saturated heterocycles. The summed E-state index contributed by atoms with van der Waals surface area (Å²) < 4.78 is 5.80. The first-order valence-corrected chi connectivity index (χ1v) is 5.95. The molecule has 0 bridgehead atoms. The zero-order valence-corrected chi connectivity index (χ0v) is 9.78. The van der Waals surface area contributed by atoms with Crippen LogP contribution in [-0.4, -0.2) is 16.3 Å². The molecule has 2 aromatic carbocycles. The molecule has 0 aliphatic carbocycles. The van der Waals surface area contributed by atoms with Crippen molar-refractivity contribution in [1.29, 1.82) is 0 Å². The minimum atomic E-state index is -0.565. The van der Waals surface area contributed by atoms with Crippen LogP contribution < -0.4 is 4.74 Å². The lowest BCUT2D eigenvalue weighted by Crippen LogP contribution is -2.30. The smallest absolute Gasteiger partial charge is 0.150 e. The standard InChI is InChI=1S/C15H14O3/c16-12-7-6-11-8-13(17)15(18-14(11)9-12)10-4-2-1-3-5-10/h1-7,9,13,15-17H,8H2/t13-,15+/m0/s1. The lowest BCUT2D eigenvalue weighted by molar-refractivity contribution is 0.0206. The Morgan fingerprint density at radius 1 is 1.06 bits per heavy atom. The number of benzene rings is 2. The maximum Gasteiger partial charge on any atom is 0.150 e. The van der Waals surface area contributed by atoms with E-state index in [0.29, 0.717) is 12.2 Å². The summed E-state index contributed by atoms with van der Waals surface area (Å²) >= 11 is 0. The van der Waals surface area contributed by atoms with E-state index in [-0.39, 0.29) is 11.9 Å². The van der Waals surface area contributed by atoms with Crippen LogP contribution in [0, 0.1) is 0 Å². The summed E-state index contributed by atoms with van der Waals surface area (Å²) in [4.78, 5) is 0. The molecule has 2 aromatic rings. The summed E-state index contributed by atoms with van der Waals surface area (Å²) in [6.07, 6.45) is -0.403. The summed E-state index contributed by atoms with van der Waals surface area (Å²) in [5.41, 5.74) is 1.87. The number of aliphatic hydroxyl groups excluding tert-OH is 1. The molecule has 1 heterocycles. The van der Waals surface area contributed by atoms with Crippen molar-refractivity contribution in [3.8, 4) is 11.5 Å². The fourth-order valence-corrected chi connectivity index (χ4v) is 2.30. The third-order valence-electron chi connectivity index (χ3n) is 3.21. The van der Waals surface area contributed by atoms with Crippen LogP contribution in [0.2, 0.25) is 0 Å². The van der Waals surface area contributed by atoms with Gasteiger partial charge in [0.2, 0.25) is 0 Å². The molecular formula is C15H14O3. The second kappa shape index (κ2) is 4.35. The Labute approximate surface area is 105 Å². The van der Waals surface area contributed by atoms with Gasteiger partial charge in [-0.2, -0.15) is 0 Å². The number of aliphatic hydroxyl groups is 1. The van der Waals surface area contributed by atoms with Gasteiger partial charge in [0.05, 0.1) is 6.10 Å². The molecule has 0 aromatic heterocycles. The zero-order valence-electron chi connectivity index (χ0n) is 9.78. The van der Waals surface area contributed by atoms with Crippen molar-refractivity contribution in [2.75, 3.05) is 0 Å². The van der Waals surface area contributed by atoms with E-state index in [1.165, 1.54) is 0 Å². The van der Waals surface area contributed by atoms with E-state index in [0.717, 1.165) is 11.1 Å². The van der Waals surface area contributed by atoms with Crippen molar-refractivity contribution in [3.05, 3.63) is 59.7 Å². The third-order valence-corrected chi connectivity index (χ3v) is 3.21. The van der Waals surface area contributed by atoms with Gasteiger partial charge in [0, 0.05) is 12.5 Å². The predicted molar refractivity (Wildman–Crippen MR) is 67.6 cm³/mol. The van der Waals surface area contributed by atoms with Crippen LogP contribution in [0.15, 0.2) is 48.5 Å². The summed E-state index contributed by atoms with van der Waals surface area (Å²) in [5.74, 6) is 0.825. The fourth-order valence-electron chi connectivity index (χ4n) is 2.30. The van der Waals surface area contributed by atoms with Gasteiger partial charge >= 0.3 is 0 Å². The molecular weight excluding hydrogens is 228 g/mol. The molecule has 92 valence electrons. The van der Waals surface area contributed by atoms with Crippen molar-refractivity contribution < 1.29 is 14.9 Å². The first-order chi connectivity index (χ1) is 8.74. The fraction of sp³-hybridized carbons (Fsp3) is 0.200. The molecule has 0 saturated carbocycles. The highest BCUT2D eigenvalue weighted by Crippen LogP contribution is 2.36. The van der Waals surface area contributed by atoms with Crippen LogP contribution >= 0.6 is 0 Å². The summed E-state index contributed by atoms with van der Waals surface area (Å²) in [6, 6.07) is 14.6. The highest BCUT2D eigenvalue weighted by Gasteiger charge is 2.29. The van der Waals surface area contributed by atoms with E-state index in [1.54, 1.807) is 18.2 Å². The molecule has 3 rings (SSSR count). The Kier molecular flexibility index (Phi) is 2.68. The molecule has 0 spiro atoms. The summed E-state index contributed by atoms with van der Waals surface area (Å²) in [6.45, 7) is 0. The Morgan fingerprint density at radius 2 is 1.83 bits per heavy atom. The minimum Gasteiger partial charge on any atom is -0.508 e. The summed E-state index contributed by atoms with van der Waals surface area (Å²) in [5, 5.41) is 19.6. The van der Waals surface area contributed by atoms with Crippen molar-refractivity contribution in [3.63, 3.8) is 0 Å². The number of aromatic hydroxyl groups is 1. The van der Waals surface area contributed by atoms with Gasteiger partial charge in [0.1, 0.15) is 17.6 Å². The lowest BCUT2D eigenvalue weighted by atomic mass is 9.95. The van der Waals surface area contributed by atoms with Crippen LogP contribution in [0.1, 0.15) is 17.2 Å². The van der Waals surface area contributed by atoms with Crippen molar-refractivity contribution in [2.45, 2.75) is 18.6 Å². The number of rotatable bonds is 1. The Hall–Kier alpha value is -2.00. The maximum atomic E-state index is 10.2. The van der Waals surface area contributed by atoms with E-state index < -0.39 is 6.10 Å². The monoisotopic (exact) mass is 242 g/mol. The third kappa shape index (κ3) is 1.93. The number of ether oxygens (including phenoxy) is 1. The Bertz CT molecular complexity index is 551. The Morgan fingerprint density at radius 3 is 2.61 bits per heavy atom. The predicted octanol–water partition coefficient (Wildman–Crippen LogP) is 2.43. The highest BCUT2D eigenvalue weighted by atomic mass is 16.5. The van der Waals surface area contributed by atoms with Crippen molar-refractivity contribution in [2.24, 2.45) is 0 Å². The van der Waals surface area contributed by atoms with E-state index in [4.69, 9.17) is 4.74 Å². The molecule has 3 heteroatoms. The van der Waals surface area contributed by atoms with Gasteiger partial charge in [-0.05, 0) is 17.2 Å². The van der Waals surface area contributed by atoms with Gasteiger partial charge < -0.3 is 14.9 Å². The van der Waals surface area contributed by atoms with E-state index in [2.05, 4.69) is 0 Å². The van der Waals surface area contributed by atoms with Crippen LogP contribution in [0.5, 0.6) is 11.5 Å². The van der Waals surface area contributed by atoms with Gasteiger partial charge in [-0.1, -0.05) is 36.4 Å². The lowest BCUT2D eigenvalue weighted by Gasteiger charge is -2.30. The van der Waals surface area contributed by atoms with Crippen molar-refractivity contribution in [1.82, 2.24) is 0 Å². The van der Waals surface area contributed by atoms with Gasteiger partial charge in [-0.3, -0.25) is 0 Å². The van der Waals surface area contributed by atoms with Crippen LogP contribution in [0.3, 0.4) is 0 Å². The van der Waals surface area contributed by atoms with Gasteiger partial charge in [0.25, 0.3) is 0 Å². The molecule has 3 nitrogen and oxygen atoms in total. The molecule has 1 aliphatic heterocycles. The van der Waals surface area contributed by atoms with E-state index >= 15 is 0 Å². The quantitative estimate of drug-likeness (QED) is 0.807. The molecule has 0 amide bonds. The highest BCUT2D eigenvalue weighted by molar-refractivity contribution is 5.43. The van der Waals surface area contributed by atoms with Crippen LogP contribution in [0.25, 0.3) is 0 Å². The average Bonchev–Trinajstić information content (AvgIpc) is 2.39. The molecule has 0 radical (unpaired) electrons. The van der Waals surface area contributed by atoms with Gasteiger partial charge in [-0.25, -0.2) is 0 Å². The molecule has 18 heavy (non-hydrogen) atoms. The first kappa shape index (κ1) is 11.1. The second-order valence-electron chi connectivity index (χ2n) is 4.51. The largest absolute Gasteiger partial charge is 0.508 e. The minimum absolute atomic E-state index is 0.178. The zero-order chi connectivity index (χ0) is 12.5. The molecule has 0 fully saturated rings. The molecule has 2 N–H and O–H groups in total. The number of hydrogen-bond acceptors (Lipinski definition) is 3. The molecule has 1 aliphatic rings. The maximum absolute atomic E-state index is 10.2. The average molecular weight is 242 g/mol. The SMILES string of the molecule is Oc1ccc2c(c1)O[C@H](c1ccccc1)[C@@H](O)C2. The van der Waals surface area contributed by atoms with E-state index in [1.807, 2.05) is 30.3 Å². The number of hydrogen-bond donors (Lipinski definition) is 2. The van der Waals surface area contributed by atoms with Gasteiger partial charge in [-0.15, -0.1) is 0 Å².